The van der Waals surface area contributed by atoms with Crippen LogP contribution in [-0.2, 0) is 0 Å². The molecule has 0 aliphatic carbocycles. The molecule has 0 spiro atoms. The third-order valence-electron chi connectivity index (χ3n) is 3.02. The molecule has 1 fully saturated rings. The average Bonchev–Trinajstić information content (AvgIpc) is 2.33. The Morgan fingerprint density at radius 2 is 1.94 bits per heavy atom. The van der Waals surface area contributed by atoms with Gasteiger partial charge in [-0.05, 0) is 31.5 Å². The fraction of sp³-hybridized carbons (Fsp3) is 0.500. The van der Waals surface area contributed by atoms with Crippen LogP contribution in [0.5, 0.6) is 0 Å². The molecule has 1 aliphatic heterocycles. The second kappa shape index (κ2) is 5.04. The van der Waals surface area contributed by atoms with Crippen molar-refractivity contribution in [3.63, 3.8) is 0 Å². The largest absolute Gasteiger partial charge is 0.310 e. The van der Waals surface area contributed by atoms with E-state index in [2.05, 4.69) is 5.32 Å². The highest BCUT2D eigenvalue weighted by atomic mass is 19.3. The maximum atomic E-state index is 13.6. The fourth-order valence-electron chi connectivity index (χ4n) is 2.13. The Balaban J connectivity index is 2.36. The quantitative estimate of drug-likeness (QED) is 0.785. The highest BCUT2D eigenvalue weighted by Crippen LogP contribution is 2.30. The van der Waals surface area contributed by atoms with Crippen LogP contribution in [0.2, 0.25) is 0 Å². The van der Waals surface area contributed by atoms with Gasteiger partial charge in [-0.2, -0.15) is 0 Å². The predicted octanol–water partition coefficient (Wildman–Crippen LogP) is 3.72. The Morgan fingerprint density at radius 1 is 1.18 bits per heavy atom. The second-order valence-electron chi connectivity index (χ2n) is 4.21. The zero-order chi connectivity index (χ0) is 12.4. The predicted molar refractivity (Wildman–Crippen MR) is 55.9 cm³/mol. The van der Waals surface area contributed by atoms with Crippen LogP contribution in [0.15, 0.2) is 12.1 Å². The average molecular weight is 247 g/mol. The molecule has 1 N–H and O–H groups in total. The maximum Gasteiger partial charge on any atom is 0.263 e. The SMILES string of the molecule is Fc1cc(C(F)F)cc(C2CCCCN2)c1F. The summed E-state index contributed by atoms with van der Waals surface area (Å²) in [5, 5.41) is 3.02. The highest BCUT2D eigenvalue weighted by molar-refractivity contribution is 5.30. The fourth-order valence-corrected chi connectivity index (χ4v) is 2.13. The first kappa shape index (κ1) is 12.4. The summed E-state index contributed by atoms with van der Waals surface area (Å²) in [7, 11) is 0. The monoisotopic (exact) mass is 247 g/mol. The number of alkyl halides is 2. The minimum absolute atomic E-state index is 0.0139. The molecule has 0 radical (unpaired) electrons. The zero-order valence-corrected chi connectivity index (χ0v) is 9.15. The molecule has 17 heavy (non-hydrogen) atoms. The van der Waals surface area contributed by atoms with Gasteiger partial charge in [-0.25, -0.2) is 17.6 Å². The molecule has 0 aromatic heterocycles. The van der Waals surface area contributed by atoms with Gasteiger partial charge in [-0.3, -0.25) is 0 Å². The van der Waals surface area contributed by atoms with Crippen molar-refractivity contribution in [3.05, 3.63) is 34.9 Å². The van der Waals surface area contributed by atoms with Crippen LogP contribution in [0, 0.1) is 11.6 Å². The Bertz CT molecular complexity index is 400. The molecule has 2 rings (SSSR count). The van der Waals surface area contributed by atoms with Gasteiger partial charge in [0.2, 0.25) is 0 Å². The Hall–Kier alpha value is -1.10. The first-order valence-electron chi connectivity index (χ1n) is 5.60. The van der Waals surface area contributed by atoms with Crippen LogP contribution in [0.4, 0.5) is 17.6 Å². The summed E-state index contributed by atoms with van der Waals surface area (Å²) in [5.41, 5.74) is -0.453. The maximum absolute atomic E-state index is 13.6. The number of halogens is 4. The lowest BCUT2D eigenvalue weighted by atomic mass is 9.95. The molecule has 1 heterocycles. The van der Waals surface area contributed by atoms with Crippen LogP contribution in [-0.4, -0.2) is 6.54 Å². The van der Waals surface area contributed by atoms with E-state index in [1.165, 1.54) is 0 Å². The highest BCUT2D eigenvalue weighted by Gasteiger charge is 2.23. The van der Waals surface area contributed by atoms with Crippen molar-refractivity contribution in [1.82, 2.24) is 5.32 Å². The molecular formula is C12H13F4N. The van der Waals surface area contributed by atoms with E-state index in [1.807, 2.05) is 0 Å². The Morgan fingerprint density at radius 3 is 2.53 bits per heavy atom. The molecule has 0 bridgehead atoms. The topological polar surface area (TPSA) is 12.0 Å². The van der Waals surface area contributed by atoms with Gasteiger partial charge in [0, 0.05) is 17.2 Å². The third-order valence-corrected chi connectivity index (χ3v) is 3.02. The number of hydrogen-bond acceptors (Lipinski definition) is 1. The van der Waals surface area contributed by atoms with Gasteiger partial charge >= 0.3 is 0 Å². The van der Waals surface area contributed by atoms with E-state index in [1.54, 1.807) is 0 Å². The van der Waals surface area contributed by atoms with E-state index in [0.717, 1.165) is 18.9 Å². The first-order valence-corrected chi connectivity index (χ1v) is 5.60. The second-order valence-corrected chi connectivity index (χ2v) is 4.21. The van der Waals surface area contributed by atoms with Gasteiger partial charge in [0.15, 0.2) is 11.6 Å². The number of benzene rings is 1. The van der Waals surface area contributed by atoms with Gasteiger partial charge in [0.1, 0.15) is 0 Å². The Labute approximate surface area is 96.8 Å². The molecule has 1 atom stereocenters. The lowest BCUT2D eigenvalue weighted by molar-refractivity contribution is 0.150. The lowest BCUT2D eigenvalue weighted by Gasteiger charge is -2.24. The van der Waals surface area contributed by atoms with E-state index in [-0.39, 0.29) is 11.6 Å². The standard InChI is InChI=1S/C12H13F4N/c13-9-6-7(12(15)16)5-8(11(9)14)10-3-1-2-4-17-10/h5-6,10,12,17H,1-4H2. The van der Waals surface area contributed by atoms with E-state index in [0.29, 0.717) is 19.0 Å². The summed E-state index contributed by atoms with van der Waals surface area (Å²) in [6, 6.07) is 1.26. The van der Waals surface area contributed by atoms with Crippen LogP contribution < -0.4 is 5.32 Å². The normalized spacial score (nSPS) is 20.9. The summed E-state index contributed by atoms with van der Waals surface area (Å²) in [6.07, 6.45) is -0.289. The van der Waals surface area contributed by atoms with Gasteiger partial charge < -0.3 is 5.32 Å². The van der Waals surface area contributed by atoms with E-state index in [4.69, 9.17) is 0 Å². The van der Waals surface area contributed by atoms with Crippen molar-refractivity contribution in [2.75, 3.05) is 6.54 Å². The smallest absolute Gasteiger partial charge is 0.263 e. The van der Waals surface area contributed by atoms with Crippen molar-refractivity contribution in [1.29, 1.82) is 0 Å². The molecule has 5 heteroatoms. The molecular weight excluding hydrogens is 234 g/mol. The van der Waals surface area contributed by atoms with Crippen LogP contribution >= 0.6 is 0 Å². The van der Waals surface area contributed by atoms with Crippen molar-refractivity contribution in [2.45, 2.75) is 31.7 Å². The van der Waals surface area contributed by atoms with Crippen molar-refractivity contribution in [3.8, 4) is 0 Å². The Kier molecular flexibility index (Phi) is 3.66. The third kappa shape index (κ3) is 2.60. The van der Waals surface area contributed by atoms with Crippen LogP contribution in [0.1, 0.15) is 42.9 Å². The lowest BCUT2D eigenvalue weighted by Crippen LogP contribution is -2.27. The molecule has 1 aromatic carbocycles. The minimum atomic E-state index is -2.78. The number of rotatable bonds is 2. The van der Waals surface area contributed by atoms with Gasteiger partial charge in [0.25, 0.3) is 6.43 Å². The van der Waals surface area contributed by atoms with Gasteiger partial charge in [0.05, 0.1) is 0 Å². The number of piperidine rings is 1. The molecule has 94 valence electrons. The van der Waals surface area contributed by atoms with Crippen LogP contribution in [0.25, 0.3) is 0 Å². The molecule has 1 unspecified atom stereocenters. The van der Waals surface area contributed by atoms with Crippen molar-refractivity contribution < 1.29 is 17.6 Å². The summed E-state index contributed by atoms with van der Waals surface area (Å²) >= 11 is 0. The van der Waals surface area contributed by atoms with E-state index in [9.17, 15) is 17.6 Å². The van der Waals surface area contributed by atoms with Crippen molar-refractivity contribution >= 4 is 0 Å². The first-order chi connectivity index (χ1) is 8.09. The van der Waals surface area contributed by atoms with Gasteiger partial charge in [-0.1, -0.05) is 6.42 Å². The molecule has 1 aliphatic rings. The summed E-state index contributed by atoms with van der Waals surface area (Å²) in [6.45, 7) is 0.699. The number of nitrogens with one attached hydrogen (secondary N) is 1. The van der Waals surface area contributed by atoms with Crippen molar-refractivity contribution in [2.24, 2.45) is 0 Å². The minimum Gasteiger partial charge on any atom is -0.310 e. The molecule has 1 saturated heterocycles. The summed E-state index contributed by atoms with van der Waals surface area (Å²) in [5.74, 6) is -2.22. The van der Waals surface area contributed by atoms with Gasteiger partial charge in [-0.15, -0.1) is 0 Å². The molecule has 1 nitrogen and oxygen atoms in total. The molecule has 0 amide bonds. The summed E-state index contributed by atoms with van der Waals surface area (Å²) < 4.78 is 51.8. The number of hydrogen-bond donors (Lipinski definition) is 1. The van der Waals surface area contributed by atoms with E-state index >= 15 is 0 Å². The molecule has 1 aromatic rings. The van der Waals surface area contributed by atoms with Crippen LogP contribution in [0.3, 0.4) is 0 Å². The van der Waals surface area contributed by atoms with E-state index < -0.39 is 23.6 Å². The zero-order valence-electron chi connectivity index (χ0n) is 9.15. The molecule has 0 saturated carbocycles. The summed E-state index contributed by atoms with van der Waals surface area (Å²) in [4.78, 5) is 0.